The summed E-state index contributed by atoms with van der Waals surface area (Å²) in [6.07, 6.45) is 0. The van der Waals surface area contributed by atoms with E-state index in [4.69, 9.17) is 14.0 Å². The highest BCUT2D eigenvalue weighted by molar-refractivity contribution is 7.10. The summed E-state index contributed by atoms with van der Waals surface area (Å²) < 4.78 is 17.0. The molecule has 1 N–H and O–H groups in total. The van der Waals surface area contributed by atoms with Crippen LogP contribution < -0.4 is 10.1 Å². The number of amides is 1. The zero-order chi connectivity index (χ0) is 24.2. The second-order valence-electron chi connectivity index (χ2n) is 8.68. The molecular formula is C27H29N3O4S. The van der Waals surface area contributed by atoms with Gasteiger partial charge < -0.3 is 19.3 Å². The number of aryl methyl sites for hydroxylation is 2. The highest BCUT2D eigenvalue weighted by Crippen LogP contribution is 2.29. The summed E-state index contributed by atoms with van der Waals surface area (Å²) in [7, 11) is 0. The molecule has 4 aromatic rings. The van der Waals surface area contributed by atoms with Crippen molar-refractivity contribution in [2.75, 3.05) is 32.8 Å². The van der Waals surface area contributed by atoms with Crippen LogP contribution in [0, 0.1) is 13.8 Å². The third kappa shape index (κ3) is 5.24. The Labute approximate surface area is 208 Å². The minimum absolute atomic E-state index is 0.106. The number of hydrogen-bond acceptors (Lipinski definition) is 7. The summed E-state index contributed by atoms with van der Waals surface area (Å²) >= 11 is 1.71. The maximum Gasteiger partial charge on any atom is 0.255 e. The number of hydrogen-bond donors (Lipinski definition) is 1. The lowest BCUT2D eigenvalue weighted by Gasteiger charge is -2.34. The molecule has 182 valence electrons. The largest absolute Gasteiger partial charge is 0.488 e. The number of carbonyl (C=O) groups is 1. The van der Waals surface area contributed by atoms with Crippen molar-refractivity contribution in [2.24, 2.45) is 0 Å². The summed E-state index contributed by atoms with van der Waals surface area (Å²) in [4.78, 5) is 17.1. The molecule has 2 aromatic heterocycles. The molecule has 1 saturated heterocycles. The minimum atomic E-state index is -0.153. The van der Waals surface area contributed by atoms with Gasteiger partial charge in [-0.25, -0.2) is 0 Å². The van der Waals surface area contributed by atoms with Crippen LogP contribution in [0.5, 0.6) is 5.75 Å². The maximum absolute atomic E-state index is 13.5. The van der Waals surface area contributed by atoms with Gasteiger partial charge in [-0.3, -0.25) is 9.69 Å². The van der Waals surface area contributed by atoms with E-state index in [1.807, 2.05) is 50.2 Å². The van der Waals surface area contributed by atoms with Gasteiger partial charge in [0.05, 0.1) is 36.1 Å². The Bertz CT molecular complexity index is 1280. The molecule has 8 heteroatoms. The van der Waals surface area contributed by atoms with E-state index in [9.17, 15) is 4.79 Å². The van der Waals surface area contributed by atoms with Crippen LogP contribution in [0.25, 0.3) is 10.8 Å². The second kappa shape index (κ2) is 10.6. The van der Waals surface area contributed by atoms with Crippen LogP contribution in [0.15, 0.2) is 58.4 Å². The Morgan fingerprint density at radius 1 is 1.14 bits per heavy atom. The van der Waals surface area contributed by atoms with Gasteiger partial charge in [-0.1, -0.05) is 35.5 Å². The van der Waals surface area contributed by atoms with Gasteiger partial charge in [0.25, 0.3) is 5.91 Å². The lowest BCUT2D eigenvalue weighted by Crippen LogP contribution is -2.43. The van der Waals surface area contributed by atoms with E-state index < -0.39 is 0 Å². The Kier molecular flexibility index (Phi) is 7.13. The highest BCUT2D eigenvalue weighted by atomic mass is 32.1. The summed E-state index contributed by atoms with van der Waals surface area (Å²) in [5, 5.41) is 11.3. The van der Waals surface area contributed by atoms with Gasteiger partial charge >= 0.3 is 0 Å². The first-order valence-corrected chi connectivity index (χ1v) is 12.7. The molecule has 1 amide bonds. The molecular weight excluding hydrogens is 462 g/mol. The quantitative estimate of drug-likeness (QED) is 0.378. The smallest absolute Gasteiger partial charge is 0.255 e. The van der Waals surface area contributed by atoms with Crippen molar-refractivity contribution in [2.45, 2.75) is 26.5 Å². The lowest BCUT2D eigenvalue weighted by molar-refractivity contribution is 0.0169. The zero-order valence-electron chi connectivity index (χ0n) is 20.0. The van der Waals surface area contributed by atoms with Crippen molar-refractivity contribution >= 4 is 28.0 Å². The van der Waals surface area contributed by atoms with Gasteiger partial charge in [0.1, 0.15) is 18.1 Å². The van der Waals surface area contributed by atoms with Crippen molar-refractivity contribution in [3.8, 4) is 5.75 Å². The highest BCUT2D eigenvalue weighted by Gasteiger charge is 2.25. The Balaban J connectivity index is 1.39. The standard InChI is InChI=1S/C27H29N3O4S/c1-18-23(19(2)34-29-18)17-33-25-15-21-7-4-3-6-20(21)14-22(25)27(31)28-16-24(26-8-5-13-35-26)30-9-11-32-12-10-30/h3-8,13-15,24H,9-12,16-17H2,1-2H3,(H,28,31)/t24-/m1/s1. The van der Waals surface area contributed by atoms with Gasteiger partial charge in [-0.2, -0.15) is 0 Å². The molecule has 2 aromatic carbocycles. The van der Waals surface area contributed by atoms with Gasteiger partial charge in [0.15, 0.2) is 0 Å². The van der Waals surface area contributed by atoms with Crippen molar-refractivity contribution in [3.63, 3.8) is 0 Å². The SMILES string of the molecule is Cc1noc(C)c1COc1cc2ccccc2cc1C(=O)NC[C@H](c1cccs1)N1CCOCC1. The van der Waals surface area contributed by atoms with E-state index in [2.05, 4.69) is 32.9 Å². The van der Waals surface area contributed by atoms with Crippen molar-refractivity contribution in [3.05, 3.63) is 81.4 Å². The first-order chi connectivity index (χ1) is 17.1. The molecule has 1 atom stereocenters. The average molecular weight is 492 g/mol. The summed E-state index contributed by atoms with van der Waals surface area (Å²) in [6.45, 7) is 7.66. The topological polar surface area (TPSA) is 76.8 Å². The van der Waals surface area contributed by atoms with E-state index in [0.29, 0.717) is 31.1 Å². The van der Waals surface area contributed by atoms with Crippen LogP contribution >= 0.6 is 11.3 Å². The number of nitrogens with one attached hydrogen (secondary N) is 1. The first kappa shape index (κ1) is 23.5. The predicted octanol–water partition coefficient (Wildman–Crippen LogP) is 4.89. The Morgan fingerprint density at radius 3 is 2.60 bits per heavy atom. The lowest BCUT2D eigenvalue weighted by atomic mass is 10.0. The molecule has 5 rings (SSSR count). The molecule has 1 fully saturated rings. The average Bonchev–Trinajstić information content (AvgIpc) is 3.53. The number of benzene rings is 2. The molecule has 35 heavy (non-hydrogen) atoms. The first-order valence-electron chi connectivity index (χ1n) is 11.8. The monoisotopic (exact) mass is 491 g/mol. The van der Waals surface area contributed by atoms with Crippen LogP contribution in [0.3, 0.4) is 0 Å². The summed E-state index contributed by atoms with van der Waals surface area (Å²) in [5.74, 6) is 1.11. The number of ether oxygens (including phenoxy) is 2. The number of carbonyl (C=O) groups excluding carboxylic acids is 1. The molecule has 7 nitrogen and oxygen atoms in total. The van der Waals surface area contributed by atoms with Gasteiger partial charge in [0.2, 0.25) is 0 Å². The van der Waals surface area contributed by atoms with E-state index in [0.717, 1.165) is 40.9 Å². The fourth-order valence-electron chi connectivity index (χ4n) is 4.44. The molecule has 0 unspecified atom stereocenters. The van der Waals surface area contributed by atoms with E-state index in [1.165, 1.54) is 4.88 Å². The van der Waals surface area contributed by atoms with Crippen LogP contribution in [-0.4, -0.2) is 48.8 Å². The number of morpholine rings is 1. The third-order valence-electron chi connectivity index (χ3n) is 6.46. The van der Waals surface area contributed by atoms with Gasteiger partial charge in [0, 0.05) is 24.5 Å². The Hall–Kier alpha value is -3.20. The van der Waals surface area contributed by atoms with E-state index in [-0.39, 0.29) is 18.6 Å². The molecule has 1 aliphatic rings. The fourth-order valence-corrected chi connectivity index (χ4v) is 5.30. The summed E-state index contributed by atoms with van der Waals surface area (Å²) in [6, 6.07) is 16.1. The van der Waals surface area contributed by atoms with E-state index in [1.54, 1.807) is 11.3 Å². The van der Waals surface area contributed by atoms with Gasteiger partial charge in [-0.05, 0) is 48.2 Å². The fraction of sp³-hybridized carbons (Fsp3) is 0.333. The van der Waals surface area contributed by atoms with Crippen molar-refractivity contribution in [1.29, 1.82) is 0 Å². The molecule has 0 radical (unpaired) electrons. The molecule has 0 spiro atoms. The number of aromatic nitrogens is 1. The number of fused-ring (bicyclic) bond motifs is 1. The molecule has 0 saturated carbocycles. The van der Waals surface area contributed by atoms with E-state index >= 15 is 0 Å². The van der Waals surface area contributed by atoms with Gasteiger partial charge in [-0.15, -0.1) is 11.3 Å². The minimum Gasteiger partial charge on any atom is -0.488 e. The maximum atomic E-state index is 13.5. The molecule has 0 aliphatic carbocycles. The number of thiophene rings is 1. The number of rotatable bonds is 8. The summed E-state index contributed by atoms with van der Waals surface area (Å²) in [5.41, 5.74) is 2.20. The van der Waals surface area contributed by atoms with Crippen LogP contribution in [0.1, 0.15) is 38.3 Å². The predicted molar refractivity (Wildman–Crippen MR) is 136 cm³/mol. The zero-order valence-corrected chi connectivity index (χ0v) is 20.8. The normalized spacial score (nSPS) is 15.3. The number of nitrogens with zero attached hydrogens (tertiary/aromatic N) is 2. The van der Waals surface area contributed by atoms with Crippen LogP contribution in [-0.2, 0) is 11.3 Å². The van der Waals surface area contributed by atoms with Crippen molar-refractivity contribution < 1.29 is 18.8 Å². The third-order valence-corrected chi connectivity index (χ3v) is 7.43. The Morgan fingerprint density at radius 2 is 1.91 bits per heavy atom. The molecule has 1 aliphatic heterocycles. The van der Waals surface area contributed by atoms with Crippen molar-refractivity contribution in [1.82, 2.24) is 15.4 Å². The van der Waals surface area contributed by atoms with Crippen LogP contribution in [0.4, 0.5) is 0 Å². The second-order valence-corrected chi connectivity index (χ2v) is 9.66. The molecule has 3 heterocycles. The molecule has 0 bridgehead atoms. The van der Waals surface area contributed by atoms with Crippen LogP contribution in [0.2, 0.25) is 0 Å².